The lowest BCUT2D eigenvalue weighted by molar-refractivity contribution is -0.556. The molecule has 0 aromatic carbocycles. The van der Waals surface area contributed by atoms with Gasteiger partial charge in [0.25, 0.3) is 5.67 Å². The van der Waals surface area contributed by atoms with Crippen molar-refractivity contribution >= 4 is 5.78 Å². The van der Waals surface area contributed by atoms with Gasteiger partial charge in [-0.25, -0.2) is 22.0 Å². The van der Waals surface area contributed by atoms with E-state index in [2.05, 4.69) is 4.74 Å². The number of alkyl halides is 13. The summed E-state index contributed by atoms with van der Waals surface area (Å²) in [6, 6.07) is 0. The SMILES string of the molecule is CC(O)COC1(F)C2(F)C(=O)C3(F)C(F)(F)C(F)(C2(F)F)C(F)(F)C1(F)C3(F)F. The van der Waals surface area contributed by atoms with E-state index in [4.69, 9.17) is 5.11 Å². The van der Waals surface area contributed by atoms with Crippen LogP contribution in [0.25, 0.3) is 0 Å². The normalized spacial score (nSPS) is 51.9. The number of hydrogen-bond acceptors (Lipinski definition) is 3. The second kappa shape index (κ2) is 4.78. The molecule has 4 saturated carbocycles. The first-order valence-corrected chi connectivity index (χ1v) is 7.40. The lowest BCUT2D eigenvalue weighted by Crippen LogP contribution is -3.07. The van der Waals surface area contributed by atoms with Gasteiger partial charge in [0.05, 0.1) is 12.7 Å². The Morgan fingerprint density at radius 2 is 1.10 bits per heavy atom. The number of carbonyl (C=O) groups is 1. The average molecular weight is 458 g/mol. The molecule has 4 bridgehead atoms. The maximum atomic E-state index is 15.0. The zero-order valence-electron chi connectivity index (χ0n) is 13.5. The number of rotatable bonds is 3. The van der Waals surface area contributed by atoms with Crippen molar-refractivity contribution in [2.75, 3.05) is 6.61 Å². The molecule has 168 valence electrons. The van der Waals surface area contributed by atoms with Crippen LogP contribution < -0.4 is 0 Å². The molecule has 0 aromatic rings. The van der Waals surface area contributed by atoms with Crippen LogP contribution in [0, 0.1) is 0 Å². The molecular weight excluding hydrogens is 451 g/mol. The van der Waals surface area contributed by atoms with Crippen molar-refractivity contribution in [3.63, 3.8) is 0 Å². The van der Waals surface area contributed by atoms with E-state index in [1.165, 1.54) is 0 Å². The lowest BCUT2D eigenvalue weighted by atomic mass is 9.41. The summed E-state index contributed by atoms with van der Waals surface area (Å²) >= 11 is 0. The van der Waals surface area contributed by atoms with Crippen molar-refractivity contribution < 1.29 is 71.7 Å². The highest BCUT2D eigenvalue weighted by Crippen LogP contribution is 2.84. The Hall–Kier alpha value is -1.32. The highest BCUT2D eigenvalue weighted by atomic mass is 19.3. The molecule has 0 radical (unpaired) electrons. The predicted molar refractivity (Wildman–Crippen MR) is 61.6 cm³/mol. The van der Waals surface area contributed by atoms with Crippen LogP contribution in [0.4, 0.5) is 57.1 Å². The van der Waals surface area contributed by atoms with Crippen LogP contribution in [0.2, 0.25) is 0 Å². The quantitative estimate of drug-likeness (QED) is 0.662. The molecular formula is C13H7F13O3. The maximum absolute atomic E-state index is 15.0. The van der Waals surface area contributed by atoms with Gasteiger partial charge in [0.15, 0.2) is 0 Å². The van der Waals surface area contributed by atoms with E-state index in [0.717, 1.165) is 0 Å². The molecule has 29 heavy (non-hydrogen) atoms. The number of aliphatic hydroxyl groups is 1. The molecule has 0 aliphatic heterocycles. The molecule has 4 aliphatic rings. The van der Waals surface area contributed by atoms with Gasteiger partial charge in [0.1, 0.15) is 0 Å². The number of hydrogen-bond donors (Lipinski definition) is 1. The third kappa shape index (κ3) is 1.43. The molecule has 0 amide bonds. The Kier molecular flexibility index (Phi) is 3.69. The van der Waals surface area contributed by atoms with E-state index < -0.39 is 70.7 Å². The number of aliphatic hydroxyl groups excluding tert-OH is 1. The van der Waals surface area contributed by atoms with Crippen LogP contribution in [0.5, 0.6) is 0 Å². The molecule has 0 spiro atoms. The predicted octanol–water partition coefficient (Wildman–Crippen LogP) is 3.03. The number of carbonyl (C=O) groups excluding carboxylic acids is 1. The van der Waals surface area contributed by atoms with Crippen LogP contribution in [-0.4, -0.2) is 75.8 Å². The summed E-state index contributed by atoms with van der Waals surface area (Å²) < 4.78 is 190. The summed E-state index contributed by atoms with van der Waals surface area (Å²) in [5.74, 6) is -40.7. The van der Waals surface area contributed by atoms with E-state index >= 15 is 4.39 Å². The standard InChI is InChI=1S/C13H7F13O3/c1-3(27)2-29-13(26)6(15)4(28)5(14)9(18,19)7(16,11(6,22)23)12(24,25)8(13,17)10(5,20)21/h3,27H,2H2,1H3. The van der Waals surface area contributed by atoms with Crippen LogP contribution in [0.15, 0.2) is 0 Å². The minimum absolute atomic E-state index is 0.521. The molecule has 16 heteroatoms. The summed E-state index contributed by atoms with van der Waals surface area (Å²) in [7, 11) is 0. The lowest BCUT2D eigenvalue weighted by Gasteiger charge is -2.71. The molecule has 6 unspecified atom stereocenters. The van der Waals surface area contributed by atoms with E-state index in [9.17, 15) is 57.5 Å². The smallest absolute Gasteiger partial charge is 0.340 e. The summed E-state index contributed by atoms with van der Waals surface area (Å²) in [4.78, 5) is 11.7. The Morgan fingerprint density at radius 3 is 1.52 bits per heavy atom. The third-order valence-corrected chi connectivity index (χ3v) is 5.50. The second-order valence-electron chi connectivity index (χ2n) is 7.02. The summed E-state index contributed by atoms with van der Waals surface area (Å²) in [5.41, 5.74) is -28.4. The van der Waals surface area contributed by atoms with E-state index in [0.29, 0.717) is 6.92 Å². The fourth-order valence-electron chi connectivity index (χ4n) is 4.02. The Morgan fingerprint density at radius 1 is 0.724 bits per heavy atom. The van der Waals surface area contributed by atoms with Gasteiger partial charge in [-0.2, -0.15) is 35.1 Å². The Bertz CT molecular complexity index is 799. The highest BCUT2D eigenvalue weighted by molar-refractivity contribution is 6.04. The first kappa shape index (κ1) is 22.4. The number of halogens is 13. The summed E-state index contributed by atoms with van der Waals surface area (Å²) in [6.07, 6.45) is -2.21. The Balaban J connectivity index is 2.56. The highest BCUT2D eigenvalue weighted by Gasteiger charge is 3.20. The van der Waals surface area contributed by atoms with Crippen molar-refractivity contribution in [3.05, 3.63) is 0 Å². The van der Waals surface area contributed by atoms with Gasteiger partial charge in [0, 0.05) is 0 Å². The van der Waals surface area contributed by atoms with Crippen molar-refractivity contribution in [1.82, 2.24) is 0 Å². The van der Waals surface area contributed by atoms with Gasteiger partial charge < -0.3 is 9.84 Å². The van der Waals surface area contributed by atoms with Crippen molar-refractivity contribution in [2.45, 2.75) is 65.2 Å². The molecule has 4 rings (SSSR count). The van der Waals surface area contributed by atoms with Crippen LogP contribution >= 0.6 is 0 Å². The first-order valence-electron chi connectivity index (χ1n) is 7.40. The average Bonchev–Trinajstić information content (AvgIpc) is 2.58. The van der Waals surface area contributed by atoms with Gasteiger partial charge in [-0.05, 0) is 6.92 Å². The number of Topliss-reactive ketones (excluding diaryl/α,β-unsaturated/α-hetero) is 1. The molecule has 3 nitrogen and oxygen atoms in total. The van der Waals surface area contributed by atoms with Crippen LogP contribution in [0.1, 0.15) is 6.92 Å². The van der Waals surface area contributed by atoms with Gasteiger partial charge >= 0.3 is 46.6 Å². The van der Waals surface area contributed by atoms with Gasteiger partial charge in [-0.1, -0.05) is 0 Å². The number of ether oxygens (including phenoxy) is 1. The maximum Gasteiger partial charge on any atom is 0.340 e. The monoisotopic (exact) mass is 458 g/mol. The Labute approximate surface area is 150 Å². The van der Waals surface area contributed by atoms with Gasteiger partial charge in [-0.3, -0.25) is 4.79 Å². The topological polar surface area (TPSA) is 46.5 Å². The largest absolute Gasteiger partial charge is 0.391 e. The fraction of sp³-hybridized carbons (Fsp3) is 0.923. The van der Waals surface area contributed by atoms with Crippen LogP contribution in [0.3, 0.4) is 0 Å². The van der Waals surface area contributed by atoms with Crippen molar-refractivity contribution in [3.8, 4) is 0 Å². The van der Waals surface area contributed by atoms with Crippen molar-refractivity contribution in [1.29, 1.82) is 0 Å². The second-order valence-corrected chi connectivity index (χ2v) is 7.02. The zero-order chi connectivity index (χ0) is 23.1. The third-order valence-electron chi connectivity index (χ3n) is 5.50. The first-order chi connectivity index (χ1) is 12.6. The van der Waals surface area contributed by atoms with Crippen molar-refractivity contribution in [2.24, 2.45) is 0 Å². The summed E-state index contributed by atoms with van der Waals surface area (Å²) in [6.45, 7) is -1.52. The molecule has 6 atom stereocenters. The molecule has 0 saturated heterocycles. The minimum Gasteiger partial charge on any atom is -0.391 e. The minimum atomic E-state index is -7.56. The molecule has 4 aliphatic carbocycles. The van der Waals surface area contributed by atoms with Crippen LogP contribution in [-0.2, 0) is 9.53 Å². The van der Waals surface area contributed by atoms with Gasteiger partial charge in [0.2, 0.25) is 5.78 Å². The molecule has 0 heterocycles. The zero-order valence-corrected chi connectivity index (χ0v) is 13.5. The van der Waals surface area contributed by atoms with E-state index in [1.807, 2.05) is 0 Å². The number of ketones is 1. The van der Waals surface area contributed by atoms with Gasteiger partial charge in [-0.15, -0.1) is 0 Å². The fourth-order valence-corrected chi connectivity index (χ4v) is 4.02. The summed E-state index contributed by atoms with van der Waals surface area (Å²) in [5, 5.41) is 8.88. The molecule has 1 N–H and O–H groups in total. The van der Waals surface area contributed by atoms with E-state index in [1.54, 1.807) is 0 Å². The molecule has 0 aromatic heterocycles. The molecule has 4 fully saturated rings. The van der Waals surface area contributed by atoms with E-state index in [-0.39, 0.29) is 0 Å².